The predicted molar refractivity (Wildman–Crippen MR) is 62.6 cm³/mol. The molecule has 1 rings (SSSR count). The number of hydrogen-bond donors (Lipinski definition) is 1. The van der Waals surface area contributed by atoms with E-state index in [1.807, 2.05) is 0 Å². The molecule has 0 heterocycles. The topological polar surface area (TPSA) is 29.5 Å². The molecule has 0 saturated heterocycles. The Kier molecular flexibility index (Phi) is 6.03. The average Bonchev–Trinajstić information content (AvgIpc) is 2.28. The minimum atomic E-state index is -4.37. The van der Waals surface area contributed by atoms with Gasteiger partial charge >= 0.3 is 6.18 Å². The molecule has 1 unspecified atom stereocenters. The van der Waals surface area contributed by atoms with Crippen LogP contribution >= 0.6 is 11.6 Å². The van der Waals surface area contributed by atoms with Crippen LogP contribution in [0.5, 0.6) is 0 Å². The molecule has 0 fully saturated rings. The zero-order chi connectivity index (χ0) is 14.5. The van der Waals surface area contributed by atoms with Crippen molar-refractivity contribution in [1.29, 1.82) is 0 Å². The van der Waals surface area contributed by atoms with Gasteiger partial charge in [0.05, 0.1) is 11.1 Å². The SMILES string of the molecule is OC(CCOCC(F)(F)F)Cc1ccc(Cl)c(F)c1. The molecule has 2 nitrogen and oxygen atoms in total. The maximum absolute atomic E-state index is 13.1. The van der Waals surface area contributed by atoms with Crippen molar-refractivity contribution in [3.63, 3.8) is 0 Å². The Hall–Kier alpha value is -0.850. The third kappa shape index (κ3) is 6.75. The number of hydrogen-bond acceptors (Lipinski definition) is 2. The van der Waals surface area contributed by atoms with Crippen LogP contribution in [-0.2, 0) is 11.2 Å². The van der Waals surface area contributed by atoms with Crippen molar-refractivity contribution in [2.75, 3.05) is 13.2 Å². The second kappa shape index (κ2) is 7.07. The van der Waals surface area contributed by atoms with Crippen molar-refractivity contribution in [3.8, 4) is 0 Å². The van der Waals surface area contributed by atoms with Crippen LogP contribution in [0.25, 0.3) is 0 Å². The number of halogens is 5. The van der Waals surface area contributed by atoms with E-state index in [1.54, 1.807) is 6.07 Å². The third-order valence-corrected chi connectivity index (χ3v) is 2.62. The highest BCUT2D eigenvalue weighted by Crippen LogP contribution is 2.17. The summed E-state index contributed by atoms with van der Waals surface area (Å²) in [4.78, 5) is 0. The lowest BCUT2D eigenvalue weighted by Crippen LogP contribution is -2.20. The molecule has 0 aliphatic rings. The standard InChI is InChI=1S/C12H13ClF4O2/c13-10-2-1-8(6-11(10)14)5-9(18)3-4-19-7-12(15,16)17/h1-2,6,9,18H,3-5,7H2. The van der Waals surface area contributed by atoms with Gasteiger partial charge in [-0.25, -0.2) is 4.39 Å². The molecule has 0 amide bonds. The van der Waals surface area contributed by atoms with Crippen LogP contribution in [0, 0.1) is 5.82 Å². The van der Waals surface area contributed by atoms with Gasteiger partial charge in [0.1, 0.15) is 12.4 Å². The maximum atomic E-state index is 13.1. The molecule has 1 aromatic rings. The van der Waals surface area contributed by atoms with Gasteiger partial charge in [0.2, 0.25) is 0 Å². The minimum absolute atomic E-state index is 0.0215. The van der Waals surface area contributed by atoms with Crippen LogP contribution in [0.1, 0.15) is 12.0 Å². The molecule has 0 aliphatic carbocycles. The lowest BCUT2D eigenvalue weighted by atomic mass is 10.1. The van der Waals surface area contributed by atoms with E-state index in [0.717, 1.165) is 0 Å². The van der Waals surface area contributed by atoms with Gasteiger partial charge in [-0.2, -0.15) is 13.2 Å². The van der Waals surface area contributed by atoms with E-state index >= 15 is 0 Å². The average molecular weight is 301 g/mol. The van der Waals surface area contributed by atoms with Crippen molar-refractivity contribution in [2.24, 2.45) is 0 Å². The molecule has 7 heteroatoms. The van der Waals surface area contributed by atoms with Crippen molar-refractivity contribution in [2.45, 2.75) is 25.1 Å². The van der Waals surface area contributed by atoms with E-state index < -0.39 is 24.7 Å². The van der Waals surface area contributed by atoms with E-state index in [0.29, 0.717) is 5.56 Å². The molecule has 108 valence electrons. The van der Waals surface area contributed by atoms with E-state index in [-0.39, 0.29) is 24.5 Å². The van der Waals surface area contributed by atoms with Gasteiger partial charge in [-0.15, -0.1) is 0 Å². The van der Waals surface area contributed by atoms with Crippen LogP contribution in [0.2, 0.25) is 5.02 Å². The Morgan fingerprint density at radius 3 is 2.58 bits per heavy atom. The fourth-order valence-electron chi connectivity index (χ4n) is 1.45. The van der Waals surface area contributed by atoms with Crippen LogP contribution in [0.15, 0.2) is 18.2 Å². The zero-order valence-corrected chi connectivity index (χ0v) is 10.6. The molecule has 0 aromatic heterocycles. The fourth-order valence-corrected chi connectivity index (χ4v) is 1.57. The summed E-state index contributed by atoms with van der Waals surface area (Å²) in [5.74, 6) is -0.598. The van der Waals surface area contributed by atoms with Crippen LogP contribution in [0.4, 0.5) is 17.6 Å². The van der Waals surface area contributed by atoms with E-state index in [2.05, 4.69) is 4.74 Å². The molecule has 1 N–H and O–H groups in total. The van der Waals surface area contributed by atoms with Crippen LogP contribution in [0.3, 0.4) is 0 Å². The summed E-state index contributed by atoms with van der Waals surface area (Å²) in [6.45, 7) is -1.55. The Morgan fingerprint density at radius 2 is 2.00 bits per heavy atom. The number of aliphatic hydroxyl groups excluding tert-OH is 1. The summed E-state index contributed by atoms with van der Waals surface area (Å²) in [5.41, 5.74) is 0.519. The first kappa shape index (κ1) is 16.2. The van der Waals surface area contributed by atoms with Gasteiger partial charge in [0.25, 0.3) is 0 Å². The molecule has 1 aromatic carbocycles. The largest absolute Gasteiger partial charge is 0.411 e. The smallest absolute Gasteiger partial charge is 0.393 e. The molecule has 1 atom stereocenters. The Labute approximate surface area is 112 Å². The van der Waals surface area contributed by atoms with E-state index in [1.165, 1.54) is 12.1 Å². The molecule has 0 bridgehead atoms. The third-order valence-electron chi connectivity index (χ3n) is 2.32. The van der Waals surface area contributed by atoms with Gasteiger partial charge in [-0.3, -0.25) is 0 Å². The number of benzene rings is 1. The molecular weight excluding hydrogens is 288 g/mol. The summed E-state index contributed by atoms with van der Waals surface area (Å²) in [5, 5.41) is 9.55. The van der Waals surface area contributed by atoms with Crippen molar-refractivity contribution < 1.29 is 27.4 Å². The van der Waals surface area contributed by atoms with Gasteiger partial charge in [-0.1, -0.05) is 17.7 Å². The summed E-state index contributed by atoms with van der Waals surface area (Å²) >= 11 is 5.50. The molecule has 0 saturated carbocycles. The summed E-state index contributed by atoms with van der Waals surface area (Å²) in [7, 11) is 0. The number of aliphatic hydroxyl groups is 1. The predicted octanol–water partition coefficient (Wildman–Crippen LogP) is 3.35. The molecule has 0 spiro atoms. The van der Waals surface area contributed by atoms with Crippen LogP contribution in [-0.4, -0.2) is 30.6 Å². The molecule has 19 heavy (non-hydrogen) atoms. The number of rotatable bonds is 6. The van der Waals surface area contributed by atoms with Crippen molar-refractivity contribution in [3.05, 3.63) is 34.6 Å². The zero-order valence-electron chi connectivity index (χ0n) is 9.88. The quantitative estimate of drug-likeness (QED) is 0.645. The van der Waals surface area contributed by atoms with Gasteiger partial charge in [0, 0.05) is 6.61 Å². The first-order valence-electron chi connectivity index (χ1n) is 5.54. The van der Waals surface area contributed by atoms with E-state index in [9.17, 15) is 22.7 Å². The normalized spacial score (nSPS) is 13.6. The second-order valence-electron chi connectivity index (χ2n) is 4.06. The Bertz CT molecular complexity index is 409. The van der Waals surface area contributed by atoms with Crippen molar-refractivity contribution >= 4 is 11.6 Å². The van der Waals surface area contributed by atoms with Crippen LogP contribution < -0.4 is 0 Å². The lowest BCUT2D eigenvalue weighted by molar-refractivity contribution is -0.175. The molecule has 0 aliphatic heterocycles. The summed E-state index contributed by atoms with van der Waals surface area (Å²) in [6, 6.07) is 4.09. The highest BCUT2D eigenvalue weighted by atomic mass is 35.5. The lowest BCUT2D eigenvalue weighted by Gasteiger charge is -2.12. The first-order chi connectivity index (χ1) is 8.78. The fraction of sp³-hybridized carbons (Fsp3) is 0.500. The molecular formula is C12H13ClF4O2. The Balaban J connectivity index is 2.31. The number of ether oxygens (including phenoxy) is 1. The van der Waals surface area contributed by atoms with Gasteiger partial charge < -0.3 is 9.84 Å². The summed E-state index contributed by atoms with van der Waals surface area (Å²) in [6.07, 6.45) is -5.09. The number of alkyl halides is 3. The minimum Gasteiger partial charge on any atom is -0.393 e. The molecule has 0 radical (unpaired) electrons. The van der Waals surface area contributed by atoms with Gasteiger partial charge in [-0.05, 0) is 30.5 Å². The Morgan fingerprint density at radius 1 is 1.32 bits per heavy atom. The first-order valence-corrected chi connectivity index (χ1v) is 5.92. The van der Waals surface area contributed by atoms with E-state index in [4.69, 9.17) is 11.6 Å². The highest BCUT2D eigenvalue weighted by Gasteiger charge is 2.27. The highest BCUT2D eigenvalue weighted by molar-refractivity contribution is 6.30. The summed E-state index contributed by atoms with van der Waals surface area (Å²) < 4.78 is 52.8. The van der Waals surface area contributed by atoms with Gasteiger partial charge in [0.15, 0.2) is 0 Å². The second-order valence-corrected chi connectivity index (χ2v) is 4.47. The monoisotopic (exact) mass is 300 g/mol. The van der Waals surface area contributed by atoms with Crippen molar-refractivity contribution in [1.82, 2.24) is 0 Å². The maximum Gasteiger partial charge on any atom is 0.411 e.